The van der Waals surface area contributed by atoms with Crippen molar-refractivity contribution in [2.24, 2.45) is 5.41 Å². The highest BCUT2D eigenvalue weighted by molar-refractivity contribution is 5.52. The molecular formula is C34H39F4N3O. The zero-order valence-corrected chi connectivity index (χ0v) is 23.9. The van der Waals surface area contributed by atoms with Gasteiger partial charge in [-0.1, -0.05) is 36.4 Å². The van der Waals surface area contributed by atoms with Crippen LogP contribution in [0.3, 0.4) is 0 Å². The number of hydrogen-bond donors (Lipinski definition) is 1. The molecule has 2 fully saturated rings. The number of ether oxygens (including phenoxy) is 1. The Kier molecular flexibility index (Phi) is 8.72. The second-order valence-corrected chi connectivity index (χ2v) is 12.1. The second-order valence-electron chi connectivity index (χ2n) is 12.1. The fraction of sp³-hybridized carbons (Fsp3) is 0.471. The summed E-state index contributed by atoms with van der Waals surface area (Å²) in [7, 11) is 0. The average molecular weight is 582 g/mol. The lowest BCUT2D eigenvalue weighted by atomic mass is 9.73. The number of alkyl halides is 2. The van der Waals surface area contributed by atoms with E-state index in [0.717, 1.165) is 69.4 Å². The van der Waals surface area contributed by atoms with E-state index in [9.17, 15) is 8.78 Å². The van der Waals surface area contributed by atoms with Crippen molar-refractivity contribution in [3.05, 3.63) is 94.6 Å². The van der Waals surface area contributed by atoms with Crippen LogP contribution in [0, 0.1) is 17.0 Å². The van der Waals surface area contributed by atoms with Gasteiger partial charge in [0.2, 0.25) is 0 Å². The first kappa shape index (κ1) is 29.0. The van der Waals surface area contributed by atoms with E-state index in [4.69, 9.17) is 4.74 Å². The molecule has 224 valence electrons. The first-order valence-electron chi connectivity index (χ1n) is 15.2. The quantitative estimate of drug-likeness (QED) is 0.301. The molecule has 1 atom stereocenters. The van der Waals surface area contributed by atoms with Crippen molar-refractivity contribution in [2.45, 2.75) is 57.6 Å². The molecule has 0 aliphatic carbocycles. The van der Waals surface area contributed by atoms with Crippen LogP contribution >= 0.6 is 0 Å². The monoisotopic (exact) mass is 581 g/mol. The van der Waals surface area contributed by atoms with Gasteiger partial charge in [0, 0.05) is 30.9 Å². The van der Waals surface area contributed by atoms with E-state index < -0.39 is 30.6 Å². The molecule has 0 saturated carbocycles. The molecular weight excluding hydrogens is 542 g/mol. The van der Waals surface area contributed by atoms with Crippen LogP contribution < -0.4 is 15.0 Å². The minimum atomic E-state index is -2.62. The van der Waals surface area contributed by atoms with Crippen LogP contribution in [0.1, 0.15) is 60.4 Å². The molecule has 1 spiro atoms. The molecule has 4 nitrogen and oxygen atoms in total. The van der Waals surface area contributed by atoms with Crippen LogP contribution in [0.2, 0.25) is 0 Å². The lowest BCUT2D eigenvalue weighted by Crippen LogP contribution is -2.40. The Morgan fingerprint density at radius 3 is 2.38 bits per heavy atom. The normalized spacial score (nSPS) is 20.9. The van der Waals surface area contributed by atoms with Gasteiger partial charge >= 0.3 is 0 Å². The minimum Gasteiger partial charge on any atom is -0.489 e. The molecule has 6 rings (SSSR count). The highest BCUT2D eigenvalue weighted by atomic mass is 19.3. The molecule has 2 saturated heterocycles. The number of nitrogens with zero attached hydrogens (tertiary/aromatic N) is 2. The Labute approximate surface area is 245 Å². The molecule has 42 heavy (non-hydrogen) atoms. The van der Waals surface area contributed by atoms with E-state index in [1.54, 1.807) is 12.1 Å². The summed E-state index contributed by atoms with van der Waals surface area (Å²) < 4.78 is 65.2. The second kappa shape index (κ2) is 12.6. The van der Waals surface area contributed by atoms with Crippen molar-refractivity contribution in [3.8, 4) is 5.75 Å². The fourth-order valence-electron chi connectivity index (χ4n) is 7.18. The molecule has 8 heteroatoms. The van der Waals surface area contributed by atoms with Crippen molar-refractivity contribution in [1.82, 2.24) is 10.2 Å². The third-order valence-electron chi connectivity index (χ3n) is 9.48. The van der Waals surface area contributed by atoms with Gasteiger partial charge in [0.05, 0.1) is 12.6 Å². The van der Waals surface area contributed by atoms with Crippen molar-refractivity contribution in [2.75, 3.05) is 44.2 Å². The third kappa shape index (κ3) is 6.30. The maximum absolute atomic E-state index is 16.0. The van der Waals surface area contributed by atoms with Gasteiger partial charge in [-0.25, -0.2) is 17.6 Å². The van der Waals surface area contributed by atoms with Gasteiger partial charge in [0.1, 0.15) is 24.0 Å². The average Bonchev–Trinajstić information content (AvgIpc) is 3.19. The molecule has 3 heterocycles. The predicted molar refractivity (Wildman–Crippen MR) is 157 cm³/mol. The van der Waals surface area contributed by atoms with Crippen LogP contribution in [0.4, 0.5) is 23.2 Å². The molecule has 0 aromatic heterocycles. The SMILES string of the molecule is Fc1cc(N2CCCC3(CCNCC3)CC2)cc(F)c1C1c2ccc(OCc3ccccc3)cc2CCN1CC(F)F. The number of piperidine rings is 1. The van der Waals surface area contributed by atoms with Crippen LogP contribution in [0.5, 0.6) is 5.75 Å². The Morgan fingerprint density at radius 2 is 1.64 bits per heavy atom. The number of anilines is 1. The van der Waals surface area contributed by atoms with Crippen molar-refractivity contribution in [1.29, 1.82) is 0 Å². The zero-order chi connectivity index (χ0) is 29.1. The number of fused-ring (bicyclic) bond motifs is 1. The number of halogens is 4. The van der Waals surface area contributed by atoms with Crippen LogP contribution in [-0.4, -0.2) is 50.6 Å². The Balaban J connectivity index is 1.27. The number of benzene rings is 3. The molecule has 3 aromatic rings. The summed E-state index contributed by atoms with van der Waals surface area (Å²) in [6.45, 7) is 3.66. The van der Waals surface area contributed by atoms with Gasteiger partial charge in [0.15, 0.2) is 0 Å². The van der Waals surface area contributed by atoms with Crippen molar-refractivity contribution in [3.63, 3.8) is 0 Å². The summed E-state index contributed by atoms with van der Waals surface area (Å²) in [5.41, 5.74) is 3.20. The summed E-state index contributed by atoms with van der Waals surface area (Å²) in [6.07, 6.45) is 3.28. The first-order valence-corrected chi connectivity index (χ1v) is 15.2. The van der Waals surface area contributed by atoms with Gasteiger partial charge in [-0.2, -0.15) is 0 Å². The lowest BCUT2D eigenvalue weighted by molar-refractivity contribution is 0.0686. The van der Waals surface area contributed by atoms with Crippen molar-refractivity contribution < 1.29 is 22.3 Å². The molecule has 3 aromatic carbocycles. The maximum atomic E-state index is 16.0. The van der Waals surface area contributed by atoms with Gasteiger partial charge < -0.3 is 15.0 Å². The van der Waals surface area contributed by atoms with Gasteiger partial charge in [-0.3, -0.25) is 4.90 Å². The largest absolute Gasteiger partial charge is 0.489 e. The highest BCUT2D eigenvalue weighted by Gasteiger charge is 2.36. The summed E-state index contributed by atoms with van der Waals surface area (Å²) in [6, 6.07) is 17.1. The molecule has 0 radical (unpaired) electrons. The standard InChI is InChI=1S/C34H39F4N3O/c35-29-20-26(40-16-4-10-34(13-18-40)11-14-39-15-12-34)21-30(36)32(29)33-28-8-7-27(42-23-24-5-2-1-3-6-24)19-25(28)9-17-41(33)22-31(37)38/h1-3,5-8,19-21,31,33,39H,4,9-18,22-23H2. The molecule has 3 aliphatic rings. The molecule has 0 bridgehead atoms. The first-order chi connectivity index (χ1) is 20.4. The van der Waals surface area contributed by atoms with Crippen LogP contribution in [-0.2, 0) is 13.0 Å². The molecule has 1 N–H and O–H groups in total. The third-order valence-corrected chi connectivity index (χ3v) is 9.48. The van der Waals surface area contributed by atoms with E-state index in [1.165, 1.54) is 17.0 Å². The summed E-state index contributed by atoms with van der Waals surface area (Å²) in [5, 5.41) is 3.44. The predicted octanol–water partition coefficient (Wildman–Crippen LogP) is 7.12. The smallest absolute Gasteiger partial charge is 0.251 e. The topological polar surface area (TPSA) is 27.7 Å². The highest BCUT2D eigenvalue weighted by Crippen LogP contribution is 2.43. The Bertz CT molecular complexity index is 1340. The van der Waals surface area contributed by atoms with Crippen molar-refractivity contribution >= 4 is 5.69 Å². The van der Waals surface area contributed by atoms with E-state index >= 15 is 8.78 Å². The Hall–Kier alpha value is -3.10. The summed E-state index contributed by atoms with van der Waals surface area (Å²) >= 11 is 0. The number of nitrogens with one attached hydrogen (secondary N) is 1. The molecule has 0 amide bonds. The van der Waals surface area contributed by atoms with Gasteiger partial charge in [-0.15, -0.1) is 0 Å². The lowest BCUT2D eigenvalue weighted by Gasteiger charge is -2.38. The van der Waals surface area contributed by atoms with E-state index in [2.05, 4.69) is 10.2 Å². The molecule has 3 aliphatic heterocycles. The van der Waals surface area contributed by atoms with E-state index in [-0.39, 0.29) is 12.1 Å². The van der Waals surface area contributed by atoms with E-state index in [1.807, 2.05) is 36.4 Å². The summed E-state index contributed by atoms with van der Waals surface area (Å²) in [5.74, 6) is -0.734. The fourth-order valence-corrected chi connectivity index (χ4v) is 7.18. The number of hydrogen-bond acceptors (Lipinski definition) is 4. The van der Waals surface area contributed by atoms with Gasteiger partial charge in [0.25, 0.3) is 6.43 Å². The number of rotatable bonds is 7. The zero-order valence-electron chi connectivity index (χ0n) is 23.9. The Morgan fingerprint density at radius 1 is 0.881 bits per heavy atom. The van der Waals surface area contributed by atoms with Gasteiger partial charge in [-0.05, 0) is 98.0 Å². The molecule has 1 unspecified atom stereocenters. The minimum absolute atomic E-state index is 0.164. The van der Waals surface area contributed by atoms with Crippen LogP contribution in [0.25, 0.3) is 0 Å². The van der Waals surface area contributed by atoms with E-state index in [0.29, 0.717) is 35.4 Å². The maximum Gasteiger partial charge on any atom is 0.251 e. The van der Waals surface area contributed by atoms with Crippen LogP contribution in [0.15, 0.2) is 60.7 Å². The summed E-state index contributed by atoms with van der Waals surface area (Å²) in [4.78, 5) is 3.60.